The number of hydrogen-bond acceptors (Lipinski definition) is 3. The molecule has 16 heavy (non-hydrogen) atoms. The zero-order valence-corrected chi connectivity index (χ0v) is 10.4. The van der Waals surface area contributed by atoms with Gasteiger partial charge in [-0.1, -0.05) is 0 Å². The molecular formula is C9H12NO4PS. The van der Waals surface area contributed by atoms with Gasteiger partial charge in [-0.15, -0.1) is 0 Å². The van der Waals surface area contributed by atoms with Gasteiger partial charge >= 0.3 is 7.60 Å². The second kappa shape index (κ2) is 4.22. The normalized spacial score (nSPS) is 20.8. The fourth-order valence-electron chi connectivity index (χ4n) is 1.47. The van der Waals surface area contributed by atoms with Crippen molar-refractivity contribution in [2.24, 2.45) is 4.99 Å². The van der Waals surface area contributed by atoms with Crippen LogP contribution in [-0.2, 0) is 4.57 Å². The number of methoxy groups -OCH3 is 1. The zero-order valence-electron chi connectivity index (χ0n) is 8.57. The Morgan fingerprint density at radius 1 is 1.50 bits per heavy atom. The molecule has 1 aromatic rings. The van der Waals surface area contributed by atoms with Gasteiger partial charge < -0.3 is 14.5 Å². The fraction of sp³-hybridized carbons (Fsp3) is 0.222. The molecule has 0 bridgehead atoms. The lowest BCUT2D eigenvalue weighted by Gasteiger charge is -2.14. The van der Waals surface area contributed by atoms with Gasteiger partial charge in [0, 0.05) is 10.4 Å². The number of fused-ring (bicyclic) bond motifs is 1. The first-order valence-electron chi connectivity index (χ1n) is 4.53. The number of hydrogen-bond donors (Lipinski definition) is 3. The van der Waals surface area contributed by atoms with E-state index in [1.807, 2.05) is 0 Å². The Hall–Kier alpha value is -0.810. The average Bonchev–Trinajstić information content (AvgIpc) is 2.58. The van der Waals surface area contributed by atoms with E-state index < -0.39 is 18.5 Å². The van der Waals surface area contributed by atoms with Gasteiger partial charge in [0.05, 0.1) is 18.3 Å². The molecule has 0 fully saturated rings. The van der Waals surface area contributed by atoms with E-state index in [-0.39, 0.29) is 5.49 Å². The number of nitrogens with zero attached hydrogens (tertiary/aromatic N) is 1. The van der Waals surface area contributed by atoms with Gasteiger partial charge in [-0.05, 0) is 18.2 Å². The van der Waals surface area contributed by atoms with E-state index in [4.69, 9.17) is 14.5 Å². The molecule has 1 aliphatic heterocycles. The molecule has 0 radical (unpaired) electrons. The summed E-state index contributed by atoms with van der Waals surface area (Å²) in [5, 5.41) is 0. The zero-order chi connectivity index (χ0) is 11.8. The maximum Gasteiger partial charge on any atom is 0.334 e. The van der Waals surface area contributed by atoms with Crippen LogP contribution in [0.1, 0.15) is 0 Å². The number of aliphatic imine (C=N–C) groups is 1. The average molecular weight is 261 g/mol. The van der Waals surface area contributed by atoms with Crippen LogP contribution in [0.15, 0.2) is 28.1 Å². The van der Waals surface area contributed by atoms with Gasteiger partial charge in [0.1, 0.15) is 5.75 Å². The summed E-state index contributed by atoms with van der Waals surface area (Å²) in [5.41, 5.74) is 2.27. The largest absolute Gasteiger partial charge is 0.497 e. The van der Waals surface area contributed by atoms with Crippen molar-refractivity contribution >= 4 is 29.7 Å². The van der Waals surface area contributed by atoms with Crippen LogP contribution in [0, 0.1) is 0 Å². The van der Waals surface area contributed by atoms with Gasteiger partial charge in [0.25, 0.3) is 0 Å². The second-order valence-electron chi connectivity index (χ2n) is 3.38. The quantitative estimate of drug-likeness (QED) is 0.573. The van der Waals surface area contributed by atoms with Crippen molar-refractivity contribution in [2.75, 3.05) is 12.6 Å². The number of rotatable bonds is 3. The van der Waals surface area contributed by atoms with E-state index in [0.717, 1.165) is 10.6 Å². The lowest BCUT2D eigenvalue weighted by Crippen LogP contribution is -1.91. The van der Waals surface area contributed by atoms with Gasteiger partial charge in [-0.25, -0.2) is 0 Å². The molecule has 2 N–H and O–H groups in total. The number of ether oxygens (including phenoxy) is 1. The minimum absolute atomic E-state index is 0.147. The van der Waals surface area contributed by atoms with Gasteiger partial charge in [-0.2, -0.15) is 10.9 Å². The Bertz CT molecular complexity index is 484. The van der Waals surface area contributed by atoms with Gasteiger partial charge in [0.2, 0.25) is 0 Å². The maximum atomic E-state index is 11.0. The van der Waals surface area contributed by atoms with Crippen LogP contribution in [0.4, 0.5) is 5.69 Å². The number of benzene rings is 1. The molecule has 88 valence electrons. The Kier molecular flexibility index (Phi) is 3.08. The van der Waals surface area contributed by atoms with Crippen molar-refractivity contribution in [2.45, 2.75) is 4.90 Å². The summed E-state index contributed by atoms with van der Waals surface area (Å²) in [7, 11) is -3.44. The molecular weight excluding hydrogens is 249 g/mol. The summed E-state index contributed by atoms with van der Waals surface area (Å²) in [6.07, 6.45) is 0. The molecule has 1 unspecified atom stereocenters. The van der Waals surface area contributed by atoms with E-state index >= 15 is 0 Å². The second-order valence-corrected chi connectivity index (χ2v) is 7.49. The van der Waals surface area contributed by atoms with Crippen LogP contribution in [0.2, 0.25) is 0 Å². The van der Waals surface area contributed by atoms with Crippen molar-refractivity contribution in [1.82, 2.24) is 0 Å². The molecule has 0 amide bonds. The van der Waals surface area contributed by atoms with Crippen molar-refractivity contribution < 1.29 is 19.1 Å². The highest BCUT2D eigenvalue weighted by Gasteiger charge is 2.24. The molecule has 0 aromatic heterocycles. The predicted molar refractivity (Wildman–Crippen MR) is 65.3 cm³/mol. The van der Waals surface area contributed by atoms with E-state index in [2.05, 4.69) is 4.99 Å². The first-order valence-corrected chi connectivity index (χ1v) is 7.92. The highest BCUT2D eigenvalue weighted by molar-refractivity contribution is 8.31. The third-order valence-corrected chi connectivity index (χ3v) is 6.23. The molecule has 1 atom stereocenters. The van der Waals surface area contributed by atoms with Crippen LogP contribution in [-0.4, -0.2) is 27.9 Å². The van der Waals surface area contributed by atoms with E-state index in [1.54, 1.807) is 30.9 Å². The molecule has 2 rings (SSSR count). The first-order chi connectivity index (χ1) is 7.49. The predicted octanol–water partition coefficient (Wildman–Crippen LogP) is 1.86. The van der Waals surface area contributed by atoms with Crippen molar-refractivity contribution in [1.29, 1.82) is 0 Å². The Morgan fingerprint density at radius 2 is 2.25 bits per heavy atom. The Morgan fingerprint density at radius 3 is 2.88 bits per heavy atom. The molecule has 0 saturated carbocycles. The molecule has 1 aliphatic rings. The van der Waals surface area contributed by atoms with Crippen LogP contribution >= 0.6 is 18.5 Å². The van der Waals surface area contributed by atoms with Crippen LogP contribution < -0.4 is 4.74 Å². The van der Waals surface area contributed by atoms with E-state index in [0.29, 0.717) is 5.75 Å². The molecule has 0 spiro atoms. The van der Waals surface area contributed by atoms with Crippen molar-refractivity contribution in [3.05, 3.63) is 18.2 Å². The molecule has 5 nitrogen and oxygen atoms in total. The molecule has 7 heteroatoms. The van der Waals surface area contributed by atoms with Gasteiger partial charge in [-0.3, -0.25) is 9.56 Å². The first kappa shape index (κ1) is 11.7. The maximum absolute atomic E-state index is 11.0. The monoisotopic (exact) mass is 261 g/mol. The smallest absolute Gasteiger partial charge is 0.334 e. The SMILES string of the molecule is COc1ccc2c(c1)[SH](CP(=O)(O)O)C=N2. The summed E-state index contributed by atoms with van der Waals surface area (Å²) >= 11 is 0. The third-order valence-electron chi connectivity index (χ3n) is 2.16. The Labute approximate surface area is 95.7 Å². The topological polar surface area (TPSA) is 79.1 Å². The van der Waals surface area contributed by atoms with E-state index in [1.165, 1.54) is 0 Å². The van der Waals surface area contributed by atoms with Crippen LogP contribution in [0.5, 0.6) is 5.75 Å². The molecule has 1 heterocycles. The number of thiol groups is 1. The highest BCUT2D eigenvalue weighted by Crippen LogP contribution is 2.55. The third kappa shape index (κ3) is 2.47. The van der Waals surface area contributed by atoms with Crippen LogP contribution in [0.3, 0.4) is 0 Å². The van der Waals surface area contributed by atoms with Crippen LogP contribution in [0.25, 0.3) is 0 Å². The molecule has 0 saturated heterocycles. The van der Waals surface area contributed by atoms with Gasteiger partial charge in [0.15, 0.2) is 0 Å². The van der Waals surface area contributed by atoms with Crippen molar-refractivity contribution in [3.8, 4) is 5.75 Å². The minimum Gasteiger partial charge on any atom is -0.497 e. The summed E-state index contributed by atoms with van der Waals surface area (Å²) in [6, 6.07) is 5.38. The van der Waals surface area contributed by atoms with E-state index in [9.17, 15) is 4.57 Å². The lowest BCUT2D eigenvalue weighted by molar-refractivity contribution is 0.379. The summed E-state index contributed by atoms with van der Waals surface area (Å²) in [6.45, 7) is 0. The summed E-state index contributed by atoms with van der Waals surface area (Å²) in [4.78, 5) is 22.9. The minimum atomic E-state index is -4.00. The van der Waals surface area contributed by atoms with Crippen molar-refractivity contribution in [3.63, 3.8) is 0 Å². The lowest BCUT2D eigenvalue weighted by atomic mass is 10.3. The summed E-state index contributed by atoms with van der Waals surface area (Å²) < 4.78 is 16.0. The fourth-order valence-corrected chi connectivity index (χ4v) is 5.07. The summed E-state index contributed by atoms with van der Waals surface area (Å²) in [5.74, 6) is 0.683. The molecule has 1 aromatic carbocycles. The standard InChI is InChI=1S/C9H12NO4PS/c1-14-7-2-3-8-9(4-7)16(5-10-8)6-15(11,12)13/h2-5,16H,6H2,1H3,(H2,11,12,13). The highest BCUT2D eigenvalue weighted by atomic mass is 32.2. The molecule has 0 aliphatic carbocycles. The Balaban J connectivity index is 2.30.